The minimum Gasteiger partial charge on any atom is -0.351 e. The minimum atomic E-state index is -0.00125. The first-order chi connectivity index (χ1) is 13.1. The molecule has 27 heavy (non-hydrogen) atoms. The van der Waals surface area contributed by atoms with Crippen LogP contribution in [0.5, 0.6) is 0 Å². The Labute approximate surface area is 160 Å². The standard InChI is InChI=1S/C22H26N4O/c1-14(2)26-21(22(27)24-12-11-15-3-4-15)19(17-9-10-17)20(25-26)18-7-5-16(13-23)6-8-18/h5-8,14-15,17H,3-4,9-12H2,1-2H3,(H,24,27). The highest BCUT2D eigenvalue weighted by Gasteiger charge is 2.36. The predicted molar refractivity (Wildman–Crippen MR) is 104 cm³/mol. The van der Waals surface area contributed by atoms with Crippen LogP contribution in [0.4, 0.5) is 0 Å². The number of hydrogen-bond donors (Lipinski definition) is 1. The van der Waals surface area contributed by atoms with Gasteiger partial charge in [-0.15, -0.1) is 0 Å². The molecule has 2 aliphatic rings. The maximum Gasteiger partial charge on any atom is 0.269 e. The van der Waals surface area contributed by atoms with Crippen molar-refractivity contribution in [2.75, 3.05) is 6.54 Å². The Bertz CT molecular complexity index is 880. The first kappa shape index (κ1) is 17.8. The second kappa shape index (κ2) is 7.19. The first-order valence-corrected chi connectivity index (χ1v) is 9.99. The Balaban J connectivity index is 1.70. The quantitative estimate of drug-likeness (QED) is 0.793. The number of nitrogens with zero attached hydrogens (tertiary/aromatic N) is 3. The number of carbonyl (C=O) groups excluding carboxylic acids is 1. The van der Waals surface area contributed by atoms with Gasteiger partial charge < -0.3 is 5.32 Å². The van der Waals surface area contributed by atoms with Gasteiger partial charge in [0, 0.05) is 23.7 Å². The molecule has 2 fully saturated rings. The molecule has 0 saturated heterocycles. The molecule has 2 aromatic rings. The van der Waals surface area contributed by atoms with Gasteiger partial charge in [0.05, 0.1) is 17.3 Å². The lowest BCUT2D eigenvalue weighted by molar-refractivity contribution is 0.0939. The van der Waals surface area contributed by atoms with E-state index in [0.717, 1.165) is 54.2 Å². The molecule has 140 valence electrons. The molecule has 1 aromatic heterocycles. The smallest absolute Gasteiger partial charge is 0.269 e. The Kier molecular flexibility index (Phi) is 4.73. The van der Waals surface area contributed by atoms with Gasteiger partial charge in [0.15, 0.2) is 0 Å². The van der Waals surface area contributed by atoms with E-state index < -0.39 is 0 Å². The molecule has 0 aliphatic heterocycles. The fourth-order valence-electron chi connectivity index (χ4n) is 3.60. The van der Waals surface area contributed by atoms with E-state index in [1.165, 1.54) is 12.8 Å². The molecular weight excluding hydrogens is 336 g/mol. The Hall–Kier alpha value is -2.61. The van der Waals surface area contributed by atoms with Gasteiger partial charge in [0.25, 0.3) is 5.91 Å². The third-order valence-corrected chi connectivity index (χ3v) is 5.46. The monoisotopic (exact) mass is 362 g/mol. The van der Waals surface area contributed by atoms with E-state index in [1.807, 2.05) is 28.9 Å². The molecule has 0 radical (unpaired) electrons. The molecule has 5 heteroatoms. The number of aromatic nitrogens is 2. The highest BCUT2D eigenvalue weighted by molar-refractivity contribution is 5.96. The summed E-state index contributed by atoms with van der Waals surface area (Å²) >= 11 is 0. The fraction of sp³-hybridized carbons (Fsp3) is 0.500. The normalized spacial score (nSPS) is 16.4. The van der Waals surface area contributed by atoms with Gasteiger partial charge in [-0.1, -0.05) is 25.0 Å². The number of rotatable bonds is 7. The molecule has 0 spiro atoms. The number of benzene rings is 1. The van der Waals surface area contributed by atoms with Gasteiger partial charge >= 0.3 is 0 Å². The fourth-order valence-corrected chi connectivity index (χ4v) is 3.60. The van der Waals surface area contributed by atoms with Crippen molar-refractivity contribution in [2.24, 2.45) is 5.92 Å². The van der Waals surface area contributed by atoms with Crippen LogP contribution in [0.3, 0.4) is 0 Å². The van der Waals surface area contributed by atoms with E-state index >= 15 is 0 Å². The average Bonchev–Trinajstić information content (AvgIpc) is 3.60. The summed E-state index contributed by atoms with van der Waals surface area (Å²) in [5, 5.41) is 17.0. The summed E-state index contributed by atoms with van der Waals surface area (Å²) in [4.78, 5) is 13.1. The highest BCUT2D eigenvalue weighted by atomic mass is 16.2. The van der Waals surface area contributed by atoms with Crippen molar-refractivity contribution in [3.05, 3.63) is 41.1 Å². The van der Waals surface area contributed by atoms with Gasteiger partial charge in [-0.2, -0.15) is 10.4 Å². The molecule has 2 saturated carbocycles. The molecule has 1 amide bonds. The van der Waals surface area contributed by atoms with E-state index in [2.05, 4.69) is 25.2 Å². The Morgan fingerprint density at radius 3 is 2.52 bits per heavy atom. The van der Waals surface area contributed by atoms with Gasteiger partial charge in [0.2, 0.25) is 0 Å². The van der Waals surface area contributed by atoms with Crippen molar-refractivity contribution in [3.63, 3.8) is 0 Å². The van der Waals surface area contributed by atoms with Crippen LogP contribution in [0.2, 0.25) is 0 Å². The molecule has 0 bridgehead atoms. The molecule has 1 N–H and O–H groups in total. The summed E-state index contributed by atoms with van der Waals surface area (Å²) in [5.74, 6) is 1.21. The summed E-state index contributed by atoms with van der Waals surface area (Å²) in [5.41, 5.74) is 4.30. The molecule has 1 heterocycles. The van der Waals surface area contributed by atoms with E-state index in [1.54, 1.807) is 0 Å². The van der Waals surface area contributed by atoms with Crippen LogP contribution in [-0.4, -0.2) is 22.2 Å². The average molecular weight is 362 g/mol. The van der Waals surface area contributed by atoms with E-state index in [4.69, 9.17) is 10.4 Å². The first-order valence-electron chi connectivity index (χ1n) is 9.99. The largest absolute Gasteiger partial charge is 0.351 e. The lowest BCUT2D eigenvalue weighted by atomic mass is 10.0. The van der Waals surface area contributed by atoms with Crippen LogP contribution < -0.4 is 5.32 Å². The Morgan fingerprint density at radius 1 is 1.26 bits per heavy atom. The number of hydrogen-bond acceptors (Lipinski definition) is 3. The van der Waals surface area contributed by atoms with Crippen LogP contribution >= 0.6 is 0 Å². The van der Waals surface area contributed by atoms with Gasteiger partial charge in [-0.3, -0.25) is 9.48 Å². The topological polar surface area (TPSA) is 70.7 Å². The number of nitrogens with one attached hydrogen (secondary N) is 1. The van der Waals surface area contributed by atoms with Gasteiger partial charge in [0.1, 0.15) is 5.69 Å². The number of amides is 1. The van der Waals surface area contributed by atoms with Crippen molar-refractivity contribution in [1.29, 1.82) is 5.26 Å². The lowest BCUT2D eigenvalue weighted by Gasteiger charge is -2.12. The predicted octanol–water partition coefficient (Wildman–Crippen LogP) is 4.41. The molecule has 2 aliphatic carbocycles. The highest BCUT2D eigenvalue weighted by Crippen LogP contribution is 2.46. The SMILES string of the molecule is CC(C)n1nc(-c2ccc(C#N)cc2)c(C2CC2)c1C(=O)NCCC1CC1. The van der Waals surface area contributed by atoms with Crippen molar-refractivity contribution < 1.29 is 4.79 Å². The summed E-state index contributed by atoms with van der Waals surface area (Å²) in [7, 11) is 0. The summed E-state index contributed by atoms with van der Waals surface area (Å²) in [6.07, 6.45) is 5.89. The zero-order valence-electron chi connectivity index (χ0n) is 16.0. The summed E-state index contributed by atoms with van der Waals surface area (Å²) in [6.45, 7) is 4.86. The van der Waals surface area contributed by atoms with Crippen molar-refractivity contribution in [3.8, 4) is 17.3 Å². The van der Waals surface area contributed by atoms with Gasteiger partial charge in [-0.25, -0.2) is 0 Å². The maximum atomic E-state index is 13.1. The number of nitriles is 1. The third kappa shape index (κ3) is 3.75. The number of carbonyl (C=O) groups is 1. The molecule has 0 unspecified atom stereocenters. The van der Waals surface area contributed by atoms with E-state index in [9.17, 15) is 4.79 Å². The summed E-state index contributed by atoms with van der Waals surface area (Å²) in [6, 6.07) is 9.77. The Morgan fingerprint density at radius 2 is 1.96 bits per heavy atom. The zero-order valence-corrected chi connectivity index (χ0v) is 16.0. The van der Waals surface area contributed by atoms with Crippen LogP contribution in [0.25, 0.3) is 11.3 Å². The molecule has 5 nitrogen and oxygen atoms in total. The molecule has 0 atom stereocenters. The second-order valence-electron chi connectivity index (χ2n) is 8.10. The van der Waals surface area contributed by atoms with Crippen molar-refractivity contribution >= 4 is 5.91 Å². The molecule has 1 aromatic carbocycles. The zero-order chi connectivity index (χ0) is 19.0. The molecule has 4 rings (SSSR count). The molecular formula is C22H26N4O. The minimum absolute atomic E-state index is 0.00125. The second-order valence-corrected chi connectivity index (χ2v) is 8.10. The lowest BCUT2D eigenvalue weighted by Crippen LogP contribution is -2.28. The van der Waals surface area contributed by atoms with Crippen molar-refractivity contribution in [2.45, 2.75) is 57.9 Å². The van der Waals surface area contributed by atoms with Crippen LogP contribution in [-0.2, 0) is 0 Å². The maximum absolute atomic E-state index is 13.1. The van der Waals surface area contributed by atoms with Crippen LogP contribution in [0, 0.1) is 17.2 Å². The van der Waals surface area contributed by atoms with Crippen molar-refractivity contribution in [1.82, 2.24) is 15.1 Å². The van der Waals surface area contributed by atoms with Crippen LogP contribution in [0.15, 0.2) is 24.3 Å². The summed E-state index contributed by atoms with van der Waals surface area (Å²) < 4.78 is 1.88. The third-order valence-electron chi connectivity index (χ3n) is 5.46. The van der Waals surface area contributed by atoms with E-state index in [-0.39, 0.29) is 11.9 Å². The van der Waals surface area contributed by atoms with Crippen LogP contribution in [0.1, 0.15) is 79.5 Å². The van der Waals surface area contributed by atoms with Gasteiger partial charge in [-0.05, 0) is 57.1 Å². The van der Waals surface area contributed by atoms with E-state index in [0.29, 0.717) is 11.5 Å².